The number of nitrogens with two attached hydrogens (primary N) is 2. The van der Waals surface area contributed by atoms with E-state index in [-0.39, 0.29) is 6.04 Å². The van der Waals surface area contributed by atoms with Crippen LogP contribution in [0, 0.1) is 0 Å². The van der Waals surface area contributed by atoms with Crippen molar-refractivity contribution in [2.75, 3.05) is 13.2 Å². The summed E-state index contributed by atoms with van der Waals surface area (Å²) in [6.45, 7) is 3.31. The predicted molar refractivity (Wildman–Crippen MR) is 80.3 cm³/mol. The molecular weight excluding hydrogens is 236 g/mol. The molecule has 1 atom stereocenters. The molecule has 2 rings (SSSR count). The van der Waals surface area contributed by atoms with E-state index in [9.17, 15) is 0 Å². The Morgan fingerprint density at radius 2 is 1.95 bits per heavy atom. The summed E-state index contributed by atoms with van der Waals surface area (Å²) in [5, 5.41) is 2.38. The van der Waals surface area contributed by atoms with E-state index in [1.54, 1.807) is 0 Å². The van der Waals surface area contributed by atoms with Crippen LogP contribution in [0.3, 0.4) is 0 Å². The normalized spacial score (nSPS) is 12.6. The molecule has 0 aliphatic rings. The van der Waals surface area contributed by atoms with Gasteiger partial charge >= 0.3 is 0 Å². The summed E-state index contributed by atoms with van der Waals surface area (Å²) in [5.74, 6) is 0.894. The molecule has 0 aromatic heterocycles. The molecule has 0 amide bonds. The van der Waals surface area contributed by atoms with Crippen LogP contribution in [-0.2, 0) is 0 Å². The Bertz CT molecular complexity index is 539. The van der Waals surface area contributed by atoms with Crippen LogP contribution in [0.25, 0.3) is 10.8 Å². The van der Waals surface area contributed by atoms with Crippen LogP contribution in [0.1, 0.15) is 31.4 Å². The molecule has 4 N–H and O–H groups in total. The van der Waals surface area contributed by atoms with Gasteiger partial charge in [-0.1, -0.05) is 30.3 Å². The van der Waals surface area contributed by atoms with Gasteiger partial charge in [0.25, 0.3) is 0 Å². The Hall–Kier alpha value is -1.58. The zero-order chi connectivity index (χ0) is 13.7. The molecule has 0 radical (unpaired) electrons. The fourth-order valence-corrected chi connectivity index (χ4v) is 2.42. The first-order chi connectivity index (χ1) is 9.27. The lowest BCUT2D eigenvalue weighted by Crippen LogP contribution is -2.14. The molecule has 0 bridgehead atoms. The van der Waals surface area contributed by atoms with Crippen molar-refractivity contribution >= 4 is 10.8 Å². The molecule has 19 heavy (non-hydrogen) atoms. The average molecular weight is 258 g/mol. The van der Waals surface area contributed by atoms with E-state index < -0.39 is 0 Å². The highest BCUT2D eigenvalue weighted by atomic mass is 16.5. The minimum atomic E-state index is -0.0313. The molecule has 0 heterocycles. The number of benzene rings is 2. The van der Waals surface area contributed by atoms with Crippen molar-refractivity contribution in [3.8, 4) is 5.75 Å². The van der Waals surface area contributed by atoms with Crippen molar-refractivity contribution in [1.82, 2.24) is 0 Å². The highest BCUT2D eigenvalue weighted by Gasteiger charge is 2.15. The van der Waals surface area contributed by atoms with E-state index in [1.165, 1.54) is 10.8 Å². The largest absolute Gasteiger partial charge is 0.494 e. The van der Waals surface area contributed by atoms with Crippen LogP contribution in [0.15, 0.2) is 36.4 Å². The maximum atomic E-state index is 6.34. The molecule has 0 saturated carbocycles. The molecular formula is C16H22N2O. The summed E-state index contributed by atoms with van der Waals surface area (Å²) in [7, 11) is 0. The summed E-state index contributed by atoms with van der Waals surface area (Å²) < 4.78 is 5.73. The molecule has 3 heteroatoms. The van der Waals surface area contributed by atoms with Gasteiger partial charge in [-0.2, -0.15) is 0 Å². The Morgan fingerprint density at radius 1 is 1.16 bits per heavy atom. The van der Waals surface area contributed by atoms with E-state index in [1.807, 2.05) is 25.1 Å². The summed E-state index contributed by atoms with van der Waals surface area (Å²) in [6.07, 6.45) is 1.81. The van der Waals surface area contributed by atoms with Crippen LogP contribution < -0.4 is 16.2 Å². The molecule has 0 spiro atoms. The molecule has 0 saturated heterocycles. The van der Waals surface area contributed by atoms with Crippen LogP contribution in [0.4, 0.5) is 0 Å². The fraction of sp³-hybridized carbons (Fsp3) is 0.375. The van der Waals surface area contributed by atoms with Crippen molar-refractivity contribution in [2.24, 2.45) is 11.5 Å². The van der Waals surface area contributed by atoms with Crippen molar-refractivity contribution in [2.45, 2.75) is 25.8 Å². The molecule has 2 aromatic rings. The van der Waals surface area contributed by atoms with E-state index in [0.717, 1.165) is 24.2 Å². The Morgan fingerprint density at radius 3 is 2.68 bits per heavy atom. The number of hydrogen-bond donors (Lipinski definition) is 2. The van der Waals surface area contributed by atoms with Gasteiger partial charge in [-0.25, -0.2) is 0 Å². The third kappa shape index (κ3) is 3.06. The minimum absolute atomic E-state index is 0.0313. The summed E-state index contributed by atoms with van der Waals surface area (Å²) in [4.78, 5) is 0. The SMILES string of the molecule is CCOc1ccc2ccccc2c1[C@@H](N)CCCN. The van der Waals surface area contributed by atoms with Crippen molar-refractivity contribution in [3.05, 3.63) is 42.0 Å². The zero-order valence-electron chi connectivity index (χ0n) is 11.4. The maximum Gasteiger partial charge on any atom is 0.124 e. The quantitative estimate of drug-likeness (QED) is 0.837. The van der Waals surface area contributed by atoms with E-state index in [0.29, 0.717) is 13.2 Å². The van der Waals surface area contributed by atoms with Gasteiger partial charge in [0.2, 0.25) is 0 Å². The second-order valence-corrected chi connectivity index (χ2v) is 4.67. The highest BCUT2D eigenvalue weighted by molar-refractivity contribution is 5.88. The standard InChI is InChI=1S/C16H22N2O/c1-2-19-15-10-9-12-6-3-4-7-13(12)16(15)14(18)8-5-11-17/h3-4,6-7,9-10,14H,2,5,8,11,17-18H2,1H3/t14-/m0/s1. The third-order valence-corrected chi connectivity index (χ3v) is 3.32. The predicted octanol–water partition coefficient (Wildman–Crippen LogP) is 2.98. The average Bonchev–Trinajstić information content (AvgIpc) is 2.45. The van der Waals surface area contributed by atoms with E-state index >= 15 is 0 Å². The zero-order valence-corrected chi connectivity index (χ0v) is 11.4. The monoisotopic (exact) mass is 258 g/mol. The maximum absolute atomic E-state index is 6.34. The Labute approximate surface area is 114 Å². The molecule has 2 aromatic carbocycles. The smallest absolute Gasteiger partial charge is 0.124 e. The number of hydrogen-bond acceptors (Lipinski definition) is 3. The van der Waals surface area contributed by atoms with Crippen LogP contribution in [0.5, 0.6) is 5.75 Å². The first kappa shape index (κ1) is 13.8. The first-order valence-electron chi connectivity index (χ1n) is 6.88. The van der Waals surface area contributed by atoms with E-state index in [4.69, 9.17) is 16.2 Å². The van der Waals surface area contributed by atoms with Crippen molar-refractivity contribution < 1.29 is 4.74 Å². The topological polar surface area (TPSA) is 61.3 Å². The molecule has 3 nitrogen and oxygen atoms in total. The van der Waals surface area contributed by atoms with E-state index in [2.05, 4.69) is 18.2 Å². The second-order valence-electron chi connectivity index (χ2n) is 4.67. The Kier molecular flexibility index (Phi) is 4.77. The fourth-order valence-electron chi connectivity index (χ4n) is 2.42. The Balaban J connectivity index is 2.48. The van der Waals surface area contributed by atoms with Crippen LogP contribution in [-0.4, -0.2) is 13.2 Å². The van der Waals surface area contributed by atoms with Gasteiger partial charge in [-0.3, -0.25) is 0 Å². The van der Waals surface area contributed by atoms with Crippen LogP contribution in [0.2, 0.25) is 0 Å². The lowest BCUT2D eigenvalue weighted by atomic mass is 9.95. The number of fused-ring (bicyclic) bond motifs is 1. The third-order valence-electron chi connectivity index (χ3n) is 3.32. The van der Waals surface area contributed by atoms with Gasteiger partial charge in [-0.05, 0) is 43.1 Å². The van der Waals surface area contributed by atoms with Crippen molar-refractivity contribution in [3.63, 3.8) is 0 Å². The molecule has 0 aliphatic heterocycles. The molecule has 0 fully saturated rings. The molecule has 0 aliphatic carbocycles. The van der Waals surface area contributed by atoms with Gasteiger partial charge in [0.15, 0.2) is 0 Å². The van der Waals surface area contributed by atoms with Gasteiger partial charge in [-0.15, -0.1) is 0 Å². The lowest BCUT2D eigenvalue weighted by molar-refractivity contribution is 0.334. The molecule has 102 valence electrons. The first-order valence-corrected chi connectivity index (χ1v) is 6.88. The minimum Gasteiger partial charge on any atom is -0.494 e. The summed E-state index contributed by atoms with van der Waals surface area (Å²) in [5.41, 5.74) is 13.0. The van der Waals surface area contributed by atoms with Gasteiger partial charge in [0, 0.05) is 11.6 Å². The summed E-state index contributed by atoms with van der Waals surface area (Å²) >= 11 is 0. The lowest BCUT2D eigenvalue weighted by Gasteiger charge is -2.19. The summed E-state index contributed by atoms with van der Waals surface area (Å²) in [6, 6.07) is 12.4. The highest BCUT2D eigenvalue weighted by Crippen LogP contribution is 2.33. The van der Waals surface area contributed by atoms with Gasteiger partial charge < -0.3 is 16.2 Å². The van der Waals surface area contributed by atoms with Crippen molar-refractivity contribution in [1.29, 1.82) is 0 Å². The van der Waals surface area contributed by atoms with Gasteiger partial charge in [0.05, 0.1) is 6.61 Å². The second kappa shape index (κ2) is 6.55. The van der Waals surface area contributed by atoms with Crippen LogP contribution >= 0.6 is 0 Å². The molecule has 0 unspecified atom stereocenters. The number of rotatable bonds is 6. The number of ether oxygens (including phenoxy) is 1. The van der Waals surface area contributed by atoms with Gasteiger partial charge in [0.1, 0.15) is 5.75 Å².